The van der Waals surface area contributed by atoms with Crippen molar-refractivity contribution in [2.75, 3.05) is 0 Å². The number of hydrogen-bond acceptors (Lipinski definition) is 0. The first-order valence-electron chi connectivity index (χ1n) is 10.4. The van der Waals surface area contributed by atoms with E-state index in [0.29, 0.717) is 24.0 Å². The minimum absolute atomic E-state index is 0.160. The van der Waals surface area contributed by atoms with Crippen molar-refractivity contribution in [1.29, 1.82) is 0 Å². The first kappa shape index (κ1) is 26.3. The highest BCUT2D eigenvalue weighted by atomic mass is 19.4. The Morgan fingerprint density at radius 1 is 0.793 bits per heavy atom. The van der Waals surface area contributed by atoms with Gasteiger partial charge in [-0.05, 0) is 35.3 Å². The van der Waals surface area contributed by atoms with Gasteiger partial charge in [0.15, 0.2) is 0 Å². The van der Waals surface area contributed by atoms with Gasteiger partial charge in [-0.15, -0.1) is 5.46 Å². The molecule has 0 saturated carbocycles. The predicted molar refractivity (Wildman–Crippen MR) is 121 cm³/mol. The maximum absolute atomic E-state index is 13.7. The lowest BCUT2D eigenvalue weighted by Gasteiger charge is -2.48. The van der Waals surface area contributed by atoms with Crippen LogP contribution < -0.4 is 10.9 Å². The molecule has 0 bridgehead atoms. The molecule has 1 aromatic rings. The van der Waals surface area contributed by atoms with Gasteiger partial charge in [0.25, 0.3) is 0 Å². The van der Waals surface area contributed by atoms with Crippen molar-refractivity contribution >= 4 is 42.3 Å². The summed E-state index contributed by atoms with van der Waals surface area (Å²) < 4.78 is 41.1. The fourth-order valence-corrected chi connectivity index (χ4v) is 4.05. The minimum Gasteiger partial charge on any atom is -0.166 e. The zero-order chi connectivity index (χ0) is 22.8. The van der Waals surface area contributed by atoms with E-state index in [9.17, 15) is 13.2 Å². The van der Waals surface area contributed by atoms with Crippen molar-refractivity contribution in [3.63, 3.8) is 0 Å². The summed E-state index contributed by atoms with van der Waals surface area (Å²) >= 11 is 0. The van der Waals surface area contributed by atoms with Crippen LogP contribution in [0.2, 0.25) is 0 Å². The van der Waals surface area contributed by atoms with Crippen molar-refractivity contribution in [2.24, 2.45) is 5.41 Å². The second kappa shape index (κ2) is 9.18. The lowest BCUT2D eigenvalue weighted by molar-refractivity contribution is -0.136. The first-order chi connectivity index (χ1) is 13.0. The Bertz CT molecular complexity index is 707. The molecule has 29 heavy (non-hydrogen) atoms. The van der Waals surface area contributed by atoms with Gasteiger partial charge in [0.05, 0.1) is 15.7 Å². The van der Waals surface area contributed by atoms with E-state index in [4.69, 9.17) is 31.4 Å². The van der Waals surface area contributed by atoms with E-state index in [2.05, 4.69) is 6.92 Å². The summed E-state index contributed by atoms with van der Waals surface area (Å²) in [5, 5.41) is -1.44. The third kappa shape index (κ3) is 5.50. The molecule has 0 fully saturated rings. The molecule has 0 nitrogen and oxygen atoms in total. The SMILES string of the molecule is [B]c1c(C(F)(F)F)cc(C(C)(C)CCCCC)c(C([B])([B])C(C)(C)CCC)c1[B]. The molecule has 0 N–H and O–H groups in total. The number of alkyl halides is 3. The predicted octanol–water partition coefficient (Wildman–Crippen LogP) is 4.47. The molecule has 0 atom stereocenters. The minimum atomic E-state index is -4.62. The monoisotopic (exact) mass is 396 g/mol. The third-order valence-electron chi connectivity index (χ3n) is 6.26. The van der Waals surface area contributed by atoms with E-state index < -0.39 is 33.2 Å². The molecule has 0 heterocycles. The van der Waals surface area contributed by atoms with E-state index in [1.807, 2.05) is 34.6 Å². The molecule has 0 aromatic heterocycles. The van der Waals surface area contributed by atoms with Crippen molar-refractivity contribution in [3.05, 3.63) is 22.8 Å². The molecule has 0 aliphatic carbocycles. The van der Waals surface area contributed by atoms with Crippen LogP contribution in [-0.2, 0) is 16.8 Å². The molecule has 1 rings (SSSR count). The summed E-state index contributed by atoms with van der Waals surface area (Å²) in [5.41, 5.74) is -2.03. The maximum atomic E-state index is 13.7. The van der Waals surface area contributed by atoms with E-state index in [1.54, 1.807) is 0 Å². The Morgan fingerprint density at radius 2 is 1.34 bits per heavy atom. The average molecular weight is 396 g/mol. The van der Waals surface area contributed by atoms with Gasteiger partial charge < -0.3 is 0 Å². The molecular formula is C22H31B4F3. The van der Waals surface area contributed by atoms with Crippen molar-refractivity contribution in [2.45, 2.75) is 96.9 Å². The van der Waals surface area contributed by atoms with E-state index in [-0.39, 0.29) is 5.46 Å². The summed E-state index contributed by atoms with van der Waals surface area (Å²) in [6.07, 6.45) is 0.489. The van der Waals surface area contributed by atoms with Crippen LogP contribution >= 0.6 is 0 Å². The first-order valence-corrected chi connectivity index (χ1v) is 10.4. The Balaban J connectivity index is 3.85. The highest BCUT2D eigenvalue weighted by Crippen LogP contribution is 2.45. The highest BCUT2D eigenvalue weighted by molar-refractivity contribution is 6.52. The highest BCUT2D eigenvalue weighted by Gasteiger charge is 2.43. The summed E-state index contributed by atoms with van der Waals surface area (Å²) in [7, 11) is 25.4. The Kier molecular flexibility index (Phi) is 8.33. The number of halogens is 3. The summed E-state index contributed by atoms with van der Waals surface area (Å²) in [6, 6.07) is 1.11. The smallest absolute Gasteiger partial charge is 0.166 e. The molecule has 0 spiro atoms. The van der Waals surface area contributed by atoms with Gasteiger partial charge in [0.1, 0.15) is 15.7 Å². The molecule has 152 valence electrons. The summed E-state index contributed by atoms with van der Waals surface area (Å²) in [5.74, 6) is 0. The van der Waals surface area contributed by atoms with Crippen molar-refractivity contribution in [3.8, 4) is 0 Å². The van der Waals surface area contributed by atoms with Crippen LogP contribution in [-0.4, -0.2) is 31.4 Å². The Morgan fingerprint density at radius 3 is 1.79 bits per heavy atom. The standard InChI is InChI=1S/C22H31B4F3/c1-7-9-10-12-19(3,4)14-13-15(22(27,28)29)17(23)18(24)16(14)21(25,26)20(5,6)11-8-2/h13H,7-12H2,1-6H3. The molecular weight excluding hydrogens is 364 g/mol. The molecule has 0 aliphatic heterocycles. The second-order valence-corrected chi connectivity index (χ2v) is 9.52. The van der Waals surface area contributed by atoms with Crippen molar-refractivity contribution < 1.29 is 13.2 Å². The summed E-state index contributed by atoms with van der Waals surface area (Å²) in [6.45, 7) is 11.8. The van der Waals surface area contributed by atoms with E-state index >= 15 is 0 Å². The number of benzene rings is 1. The molecule has 0 amide bonds. The quantitative estimate of drug-likeness (QED) is 0.427. The lowest BCUT2D eigenvalue weighted by atomic mass is 9.37. The maximum Gasteiger partial charge on any atom is 0.415 e. The largest absolute Gasteiger partial charge is 0.415 e. The van der Waals surface area contributed by atoms with Crippen LogP contribution in [0.3, 0.4) is 0 Å². The van der Waals surface area contributed by atoms with Gasteiger partial charge >= 0.3 is 6.18 Å². The van der Waals surface area contributed by atoms with Crippen molar-refractivity contribution in [1.82, 2.24) is 0 Å². The molecule has 8 radical (unpaired) electrons. The Labute approximate surface area is 180 Å². The van der Waals surface area contributed by atoms with Crippen LogP contribution in [0.4, 0.5) is 13.2 Å². The Hall–Kier alpha value is -0.730. The van der Waals surface area contributed by atoms with Crippen LogP contribution in [0.5, 0.6) is 0 Å². The summed E-state index contributed by atoms with van der Waals surface area (Å²) in [4.78, 5) is 0. The lowest BCUT2D eigenvalue weighted by Crippen LogP contribution is -2.51. The van der Waals surface area contributed by atoms with Crippen LogP contribution in [0.1, 0.15) is 96.8 Å². The van der Waals surface area contributed by atoms with Gasteiger partial charge in [-0.3, -0.25) is 0 Å². The van der Waals surface area contributed by atoms with Gasteiger partial charge in [-0.1, -0.05) is 83.5 Å². The average Bonchev–Trinajstić information content (AvgIpc) is 2.55. The zero-order valence-corrected chi connectivity index (χ0v) is 18.8. The van der Waals surface area contributed by atoms with Crippen LogP contribution in [0.15, 0.2) is 6.07 Å². The van der Waals surface area contributed by atoms with Crippen LogP contribution in [0, 0.1) is 5.41 Å². The van der Waals surface area contributed by atoms with E-state index in [1.165, 1.54) is 0 Å². The number of unbranched alkanes of at least 4 members (excludes halogenated alkanes) is 2. The van der Waals surface area contributed by atoms with E-state index in [0.717, 1.165) is 31.7 Å². The van der Waals surface area contributed by atoms with Gasteiger partial charge in [0, 0.05) is 5.56 Å². The molecule has 0 unspecified atom stereocenters. The molecule has 0 aliphatic rings. The van der Waals surface area contributed by atoms with Crippen LogP contribution in [0.25, 0.3) is 0 Å². The fraction of sp³-hybridized carbons (Fsp3) is 0.727. The van der Waals surface area contributed by atoms with Gasteiger partial charge in [0.2, 0.25) is 0 Å². The molecule has 7 heteroatoms. The topological polar surface area (TPSA) is 0 Å². The van der Waals surface area contributed by atoms with Gasteiger partial charge in [-0.2, -0.15) is 13.2 Å². The normalized spacial score (nSPS) is 13.7. The zero-order valence-electron chi connectivity index (χ0n) is 18.8. The number of rotatable bonds is 9. The second-order valence-electron chi connectivity index (χ2n) is 9.52. The molecule has 1 aromatic carbocycles. The number of hydrogen-bond donors (Lipinski definition) is 0. The van der Waals surface area contributed by atoms with Gasteiger partial charge in [-0.25, -0.2) is 0 Å². The fourth-order valence-electron chi connectivity index (χ4n) is 4.05. The molecule has 0 saturated heterocycles. The third-order valence-corrected chi connectivity index (χ3v) is 6.26.